The van der Waals surface area contributed by atoms with Gasteiger partial charge in [-0.25, -0.2) is 18.0 Å². The van der Waals surface area contributed by atoms with Gasteiger partial charge in [-0.2, -0.15) is 9.36 Å². The normalized spacial score (nSPS) is 14.4. The molecule has 49 heavy (non-hydrogen) atoms. The minimum Gasteiger partial charge on any atom is -0.444 e. The lowest BCUT2D eigenvalue weighted by Gasteiger charge is -2.29. The number of anilines is 1. The van der Waals surface area contributed by atoms with Crippen LogP contribution < -0.4 is 10.4 Å². The maximum Gasteiger partial charge on any atom is 0.410 e. The number of aliphatic hydroxyl groups is 1. The zero-order valence-electron chi connectivity index (χ0n) is 28.2. The van der Waals surface area contributed by atoms with E-state index >= 15 is 0 Å². The molecule has 0 aliphatic heterocycles. The molecule has 5 rings (SSSR count). The number of rotatable bonds is 14. The van der Waals surface area contributed by atoms with Crippen LogP contribution in [-0.4, -0.2) is 68.0 Å². The standard InChI is InChI=1S/C35H45N7O6S/c1-35(2,3)48-34(45)40(25-32(43)28-11-6-21-36-24-28)23-20-27-12-14-29(15-13-27)37-49(46,47)31-18-16-30(17-19-31)42-33(44)41(38-39-42)22-7-10-26-8-4-5-9-26/h6,11-19,21,24,26,32,37,43H,4-5,7-10,20,22-23,25H2,1-3H3. The lowest BCUT2D eigenvalue weighted by atomic mass is 10.0. The Labute approximate surface area is 287 Å². The summed E-state index contributed by atoms with van der Waals surface area (Å²) in [6.45, 7) is 6.12. The Morgan fingerprint density at radius 3 is 2.43 bits per heavy atom. The molecule has 0 bridgehead atoms. The number of carbonyl (C=O) groups is 1. The van der Waals surface area contributed by atoms with E-state index in [4.69, 9.17) is 4.74 Å². The van der Waals surface area contributed by atoms with Crippen LogP contribution in [0.5, 0.6) is 0 Å². The van der Waals surface area contributed by atoms with Gasteiger partial charge in [0.15, 0.2) is 0 Å². The van der Waals surface area contributed by atoms with E-state index in [-0.39, 0.29) is 23.7 Å². The molecule has 1 aliphatic carbocycles. The molecular weight excluding hydrogens is 646 g/mol. The number of aliphatic hydroxyl groups excluding tert-OH is 1. The summed E-state index contributed by atoms with van der Waals surface area (Å²) < 4.78 is 37.0. The number of nitrogens with zero attached hydrogens (tertiary/aromatic N) is 6. The van der Waals surface area contributed by atoms with Crippen molar-refractivity contribution in [1.82, 2.24) is 29.7 Å². The molecule has 13 nitrogen and oxygen atoms in total. The number of pyridine rings is 1. The number of aryl methyl sites for hydroxylation is 1. The summed E-state index contributed by atoms with van der Waals surface area (Å²) in [4.78, 5) is 31.3. The van der Waals surface area contributed by atoms with Crippen LogP contribution in [0.1, 0.15) is 76.5 Å². The highest BCUT2D eigenvalue weighted by Gasteiger charge is 2.25. The second-order valence-electron chi connectivity index (χ2n) is 13.5. The molecule has 0 spiro atoms. The van der Waals surface area contributed by atoms with E-state index in [0.717, 1.165) is 24.3 Å². The van der Waals surface area contributed by atoms with Crippen molar-refractivity contribution in [2.75, 3.05) is 17.8 Å². The topological polar surface area (TPSA) is 162 Å². The zero-order valence-corrected chi connectivity index (χ0v) is 29.1. The van der Waals surface area contributed by atoms with Gasteiger partial charge in [-0.1, -0.05) is 43.9 Å². The van der Waals surface area contributed by atoms with Crippen molar-refractivity contribution < 1.29 is 23.1 Å². The number of ether oxygens (including phenoxy) is 1. The Hall–Kier alpha value is -4.56. The average Bonchev–Trinajstić information content (AvgIpc) is 3.73. The number of hydrogen-bond donors (Lipinski definition) is 2. The molecule has 2 aromatic carbocycles. The largest absolute Gasteiger partial charge is 0.444 e. The molecule has 4 aromatic rings. The predicted molar refractivity (Wildman–Crippen MR) is 185 cm³/mol. The molecule has 1 fully saturated rings. The van der Waals surface area contributed by atoms with Gasteiger partial charge in [0.05, 0.1) is 23.2 Å². The van der Waals surface area contributed by atoms with E-state index in [2.05, 4.69) is 20.1 Å². The first-order chi connectivity index (χ1) is 23.4. The van der Waals surface area contributed by atoms with E-state index in [1.54, 1.807) is 69.6 Å². The third-order valence-electron chi connectivity index (χ3n) is 8.48. The van der Waals surface area contributed by atoms with Gasteiger partial charge in [-0.05, 0) is 104 Å². The monoisotopic (exact) mass is 691 g/mol. The number of hydrogen-bond acceptors (Lipinski definition) is 9. The maximum atomic E-state index is 13.2. The maximum absolute atomic E-state index is 13.2. The van der Waals surface area contributed by atoms with Crippen LogP contribution in [0.2, 0.25) is 0 Å². The van der Waals surface area contributed by atoms with Gasteiger partial charge >= 0.3 is 11.8 Å². The predicted octanol–water partition coefficient (Wildman–Crippen LogP) is 5.11. The van der Waals surface area contributed by atoms with Crippen molar-refractivity contribution in [3.05, 3.63) is 94.7 Å². The van der Waals surface area contributed by atoms with Crippen molar-refractivity contribution in [1.29, 1.82) is 0 Å². The minimum absolute atomic E-state index is 0.0186. The quantitative estimate of drug-likeness (QED) is 0.183. The van der Waals surface area contributed by atoms with E-state index < -0.39 is 27.8 Å². The summed E-state index contributed by atoms with van der Waals surface area (Å²) in [5.74, 6) is 0.734. The highest BCUT2D eigenvalue weighted by atomic mass is 32.2. The highest BCUT2D eigenvalue weighted by molar-refractivity contribution is 7.92. The molecule has 2 N–H and O–H groups in total. The third kappa shape index (κ3) is 9.98. The van der Waals surface area contributed by atoms with Gasteiger partial charge in [0.1, 0.15) is 5.60 Å². The Balaban J connectivity index is 1.17. The molecule has 1 aliphatic rings. The fraction of sp³-hybridized carbons (Fsp3) is 0.457. The Morgan fingerprint density at radius 1 is 1.06 bits per heavy atom. The molecule has 2 aromatic heterocycles. The number of nitrogens with one attached hydrogen (secondary N) is 1. The molecule has 0 radical (unpaired) electrons. The van der Waals surface area contributed by atoms with Crippen LogP contribution >= 0.6 is 0 Å². The van der Waals surface area contributed by atoms with E-state index in [1.165, 1.54) is 64.2 Å². The van der Waals surface area contributed by atoms with Crippen molar-refractivity contribution in [3.63, 3.8) is 0 Å². The summed E-state index contributed by atoms with van der Waals surface area (Å²) in [7, 11) is -3.93. The summed E-state index contributed by atoms with van der Waals surface area (Å²) >= 11 is 0. The van der Waals surface area contributed by atoms with Gasteiger partial charge in [0.2, 0.25) is 0 Å². The van der Waals surface area contributed by atoms with Crippen molar-refractivity contribution in [2.45, 2.75) is 88.9 Å². The fourth-order valence-electron chi connectivity index (χ4n) is 5.86. The summed E-state index contributed by atoms with van der Waals surface area (Å²) in [5.41, 5.74) is 1.15. The summed E-state index contributed by atoms with van der Waals surface area (Å²) in [6.07, 6.45) is 9.15. The number of aromatic nitrogens is 5. The molecule has 262 valence electrons. The lowest BCUT2D eigenvalue weighted by Crippen LogP contribution is -2.40. The van der Waals surface area contributed by atoms with Crippen LogP contribution in [0.15, 0.2) is 82.7 Å². The third-order valence-corrected chi connectivity index (χ3v) is 9.88. The number of amides is 1. The van der Waals surface area contributed by atoms with E-state index in [9.17, 15) is 23.1 Å². The average molecular weight is 692 g/mol. The SMILES string of the molecule is CC(C)(C)OC(=O)N(CCc1ccc(NS(=O)(=O)c2ccc(-n3nnn(CCCC4CCCC4)c3=O)cc2)cc1)CC(O)c1cccnc1. The molecule has 14 heteroatoms. The molecule has 2 heterocycles. The molecule has 1 unspecified atom stereocenters. The number of sulfonamides is 1. The molecule has 1 atom stereocenters. The number of carbonyl (C=O) groups excluding carboxylic acids is 1. The zero-order chi connectivity index (χ0) is 35.0. The molecule has 1 saturated carbocycles. The number of benzene rings is 2. The van der Waals surface area contributed by atoms with Crippen LogP contribution in [0.4, 0.5) is 10.5 Å². The van der Waals surface area contributed by atoms with Gasteiger partial charge < -0.3 is 14.7 Å². The number of tetrazole rings is 1. The first-order valence-electron chi connectivity index (χ1n) is 16.7. The van der Waals surface area contributed by atoms with Crippen molar-refractivity contribution in [3.8, 4) is 5.69 Å². The van der Waals surface area contributed by atoms with Crippen molar-refractivity contribution >= 4 is 21.8 Å². The fourth-order valence-corrected chi connectivity index (χ4v) is 6.92. The molecular formula is C35H45N7O6S. The lowest BCUT2D eigenvalue weighted by molar-refractivity contribution is 0.0146. The Kier molecular flexibility index (Phi) is 11.5. The first kappa shape index (κ1) is 35.7. The van der Waals surface area contributed by atoms with Gasteiger partial charge in [0, 0.05) is 36.7 Å². The Morgan fingerprint density at radius 2 is 1.78 bits per heavy atom. The van der Waals surface area contributed by atoms with Gasteiger partial charge in [0.25, 0.3) is 10.0 Å². The Bertz CT molecular complexity index is 1830. The molecule has 0 saturated heterocycles. The van der Waals surface area contributed by atoms with Crippen LogP contribution in [0.25, 0.3) is 5.69 Å². The van der Waals surface area contributed by atoms with Crippen LogP contribution in [0, 0.1) is 5.92 Å². The summed E-state index contributed by atoms with van der Waals surface area (Å²) in [5, 5.41) is 18.7. The van der Waals surface area contributed by atoms with Crippen LogP contribution in [0.3, 0.4) is 0 Å². The summed E-state index contributed by atoms with van der Waals surface area (Å²) in [6, 6.07) is 16.2. The van der Waals surface area contributed by atoms with Gasteiger partial charge in [-0.3, -0.25) is 9.71 Å². The van der Waals surface area contributed by atoms with Crippen molar-refractivity contribution in [2.24, 2.45) is 5.92 Å². The van der Waals surface area contributed by atoms with Gasteiger partial charge in [-0.15, -0.1) is 0 Å². The smallest absolute Gasteiger partial charge is 0.410 e. The second-order valence-corrected chi connectivity index (χ2v) is 15.1. The molecule has 1 amide bonds. The van der Waals surface area contributed by atoms with E-state index in [1.807, 2.05) is 0 Å². The van der Waals surface area contributed by atoms with E-state index in [0.29, 0.717) is 29.9 Å². The first-order valence-corrected chi connectivity index (χ1v) is 18.2. The minimum atomic E-state index is -3.93. The second kappa shape index (κ2) is 15.8. The van der Waals surface area contributed by atoms with Crippen LogP contribution in [-0.2, 0) is 27.7 Å². The highest BCUT2D eigenvalue weighted by Crippen LogP contribution is 2.28.